The van der Waals surface area contributed by atoms with E-state index < -0.39 is 0 Å². The number of rotatable bonds is 4. The summed E-state index contributed by atoms with van der Waals surface area (Å²) < 4.78 is 0. The number of hydrogen-bond donors (Lipinski definition) is 1. The van der Waals surface area contributed by atoms with E-state index in [0.29, 0.717) is 5.92 Å². The molecule has 0 aromatic carbocycles. The zero-order valence-electron chi connectivity index (χ0n) is 8.85. The Morgan fingerprint density at radius 3 is 2.69 bits per heavy atom. The summed E-state index contributed by atoms with van der Waals surface area (Å²) in [6, 6.07) is 0. The number of aromatic nitrogens is 2. The van der Waals surface area contributed by atoms with Gasteiger partial charge in [0.05, 0.1) is 5.69 Å². The van der Waals surface area contributed by atoms with Gasteiger partial charge in [0, 0.05) is 5.69 Å². The van der Waals surface area contributed by atoms with Gasteiger partial charge in [-0.05, 0) is 25.0 Å². The van der Waals surface area contributed by atoms with Gasteiger partial charge < -0.3 is 4.98 Å². The van der Waals surface area contributed by atoms with Crippen LogP contribution in [0.15, 0.2) is 5.16 Å². The van der Waals surface area contributed by atoms with Crippen LogP contribution in [0.4, 0.5) is 0 Å². The third-order valence-corrected chi connectivity index (χ3v) is 2.60. The topological polar surface area (TPSA) is 28.7 Å². The van der Waals surface area contributed by atoms with E-state index in [1.165, 1.54) is 11.4 Å². The van der Waals surface area contributed by atoms with Gasteiger partial charge in [0.25, 0.3) is 0 Å². The van der Waals surface area contributed by atoms with Gasteiger partial charge in [0.15, 0.2) is 5.16 Å². The second kappa shape index (κ2) is 4.70. The van der Waals surface area contributed by atoms with E-state index in [2.05, 4.69) is 37.7 Å². The van der Waals surface area contributed by atoms with E-state index in [0.717, 1.165) is 17.3 Å². The van der Waals surface area contributed by atoms with Crippen molar-refractivity contribution in [1.29, 1.82) is 0 Å². The number of imidazole rings is 1. The van der Waals surface area contributed by atoms with Crippen LogP contribution < -0.4 is 0 Å². The van der Waals surface area contributed by atoms with Crippen LogP contribution in [0, 0.1) is 12.8 Å². The molecule has 0 atom stereocenters. The van der Waals surface area contributed by atoms with E-state index in [4.69, 9.17) is 0 Å². The molecule has 13 heavy (non-hydrogen) atoms. The number of aryl methyl sites for hydroxylation is 1. The summed E-state index contributed by atoms with van der Waals surface area (Å²) in [6.07, 6.45) is 1.08. The zero-order valence-corrected chi connectivity index (χ0v) is 9.66. The summed E-state index contributed by atoms with van der Waals surface area (Å²) >= 11 is 1.77. The molecule has 0 saturated heterocycles. The van der Waals surface area contributed by atoms with Crippen molar-refractivity contribution >= 4 is 11.8 Å². The van der Waals surface area contributed by atoms with Crippen molar-refractivity contribution < 1.29 is 0 Å². The van der Waals surface area contributed by atoms with Crippen LogP contribution in [-0.2, 0) is 6.42 Å². The van der Waals surface area contributed by atoms with Gasteiger partial charge in [-0.15, -0.1) is 0 Å². The molecule has 0 radical (unpaired) electrons. The average Bonchev–Trinajstić information content (AvgIpc) is 2.31. The fourth-order valence-electron chi connectivity index (χ4n) is 1.26. The summed E-state index contributed by atoms with van der Waals surface area (Å²) in [5, 5.41) is 1.07. The first-order chi connectivity index (χ1) is 6.13. The van der Waals surface area contributed by atoms with Crippen molar-refractivity contribution in [3.05, 3.63) is 11.4 Å². The molecular formula is C10H18N2S. The van der Waals surface area contributed by atoms with E-state index in [-0.39, 0.29) is 0 Å². The Kier molecular flexibility index (Phi) is 3.85. The lowest BCUT2D eigenvalue weighted by Crippen LogP contribution is -1.96. The monoisotopic (exact) mass is 198 g/mol. The summed E-state index contributed by atoms with van der Waals surface area (Å²) in [6.45, 7) is 8.69. The standard InChI is InChI=1S/C10H18N2S/c1-5-13-10-11-8(4)9(12-10)6-7(2)3/h7H,5-6H2,1-4H3,(H,11,12). The van der Waals surface area contributed by atoms with Gasteiger partial charge >= 0.3 is 0 Å². The van der Waals surface area contributed by atoms with Crippen LogP contribution in [0.3, 0.4) is 0 Å². The predicted molar refractivity (Wildman–Crippen MR) is 58.3 cm³/mol. The van der Waals surface area contributed by atoms with E-state index >= 15 is 0 Å². The van der Waals surface area contributed by atoms with Crippen LogP contribution in [0.5, 0.6) is 0 Å². The summed E-state index contributed by atoms with van der Waals surface area (Å²) in [7, 11) is 0. The average molecular weight is 198 g/mol. The number of thioether (sulfide) groups is 1. The van der Waals surface area contributed by atoms with Crippen LogP contribution in [0.1, 0.15) is 32.2 Å². The van der Waals surface area contributed by atoms with Crippen LogP contribution in [0.25, 0.3) is 0 Å². The zero-order chi connectivity index (χ0) is 9.84. The molecule has 0 bridgehead atoms. The first-order valence-corrected chi connectivity index (χ1v) is 5.80. The third kappa shape index (κ3) is 3.07. The smallest absolute Gasteiger partial charge is 0.165 e. The molecule has 0 fully saturated rings. The van der Waals surface area contributed by atoms with Crippen LogP contribution in [-0.4, -0.2) is 15.7 Å². The number of hydrogen-bond acceptors (Lipinski definition) is 2. The Bertz CT molecular complexity index is 266. The van der Waals surface area contributed by atoms with Crippen molar-refractivity contribution in [3.8, 4) is 0 Å². The normalized spacial score (nSPS) is 11.2. The van der Waals surface area contributed by atoms with Crippen molar-refractivity contribution in [1.82, 2.24) is 9.97 Å². The van der Waals surface area contributed by atoms with Crippen molar-refractivity contribution in [2.75, 3.05) is 5.75 Å². The van der Waals surface area contributed by atoms with Crippen molar-refractivity contribution in [3.63, 3.8) is 0 Å². The molecule has 0 aliphatic rings. The highest BCUT2D eigenvalue weighted by atomic mass is 32.2. The summed E-state index contributed by atoms with van der Waals surface area (Å²) in [4.78, 5) is 7.85. The highest BCUT2D eigenvalue weighted by molar-refractivity contribution is 7.99. The molecule has 0 saturated carbocycles. The lowest BCUT2D eigenvalue weighted by atomic mass is 10.1. The highest BCUT2D eigenvalue weighted by Gasteiger charge is 2.07. The molecule has 1 aromatic heterocycles. The number of H-pyrrole nitrogens is 1. The van der Waals surface area contributed by atoms with Crippen LogP contribution >= 0.6 is 11.8 Å². The third-order valence-electron chi connectivity index (χ3n) is 1.85. The van der Waals surface area contributed by atoms with Gasteiger partial charge in [0.1, 0.15) is 0 Å². The SMILES string of the molecule is CCSc1nc(CC(C)C)c(C)[nH]1. The van der Waals surface area contributed by atoms with Crippen molar-refractivity contribution in [2.45, 2.75) is 39.3 Å². The Morgan fingerprint density at radius 1 is 1.46 bits per heavy atom. The second-order valence-corrected chi connectivity index (χ2v) is 4.90. The summed E-state index contributed by atoms with van der Waals surface area (Å²) in [5.41, 5.74) is 2.45. The fraction of sp³-hybridized carbons (Fsp3) is 0.700. The predicted octanol–water partition coefficient (Wildman–Crippen LogP) is 3.03. The maximum absolute atomic E-state index is 4.55. The minimum Gasteiger partial charge on any atom is -0.337 e. The lowest BCUT2D eigenvalue weighted by Gasteiger charge is -2.00. The molecule has 3 heteroatoms. The fourth-order valence-corrected chi connectivity index (χ4v) is 1.93. The van der Waals surface area contributed by atoms with Gasteiger partial charge in [-0.25, -0.2) is 4.98 Å². The lowest BCUT2D eigenvalue weighted by molar-refractivity contribution is 0.633. The maximum Gasteiger partial charge on any atom is 0.165 e. The Balaban J connectivity index is 2.71. The molecule has 0 aliphatic heterocycles. The Labute approximate surface area is 84.5 Å². The molecule has 74 valence electrons. The first kappa shape index (κ1) is 10.6. The Hall–Kier alpha value is -0.440. The van der Waals surface area contributed by atoms with E-state index in [1.807, 2.05) is 0 Å². The number of nitrogens with zero attached hydrogens (tertiary/aromatic N) is 1. The van der Waals surface area contributed by atoms with Gasteiger partial charge in [-0.2, -0.15) is 0 Å². The quantitative estimate of drug-likeness (QED) is 0.753. The molecule has 1 aromatic rings. The minimum absolute atomic E-state index is 0.682. The molecule has 2 nitrogen and oxygen atoms in total. The van der Waals surface area contributed by atoms with Crippen LogP contribution in [0.2, 0.25) is 0 Å². The molecule has 0 aliphatic carbocycles. The number of nitrogens with one attached hydrogen (secondary N) is 1. The first-order valence-electron chi connectivity index (χ1n) is 4.81. The van der Waals surface area contributed by atoms with E-state index in [1.54, 1.807) is 11.8 Å². The molecule has 1 rings (SSSR count). The van der Waals surface area contributed by atoms with Gasteiger partial charge in [0.2, 0.25) is 0 Å². The van der Waals surface area contributed by atoms with Crippen molar-refractivity contribution in [2.24, 2.45) is 5.92 Å². The highest BCUT2D eigenvalue weighted by Crippen LogP contribution is 2.17. The minimum atomic E-state index is 0.682. The molecule has 0 amide bonds. The molecule has 0 unspecified atom stereocenters. The van der Waals surface area contributed by atoms with E-state index in [9.17, 15) is 0 Å². The molecule has 1 N–H and O–H groups in total. The molecular weight excluding hydrogens is 180 g/mol. The Morgan fingerprint density at radius 2 is 2.15 bits per heavy atom. The molecule has 1 heterocycles. The second-order valence-electron chi connectivity index (χ2n) is 3.64. The van der Waals surface area contributed by atoms with Gasteiger partial charge in [-0.3, -0.25) is 0 Å². The number of aromatic amines is 1. The molecule has 0 spiro atoms. The van der Waals surface area contributed by atoms with Gasteiger partial charge in [-0.1, -0.05) is 32.5 Å². The maximum atomic E-state index is 4.55. The largest absolute Gasteiger partial charge is 0.337 e. The summed E-state index contributed by atoms with van der Waals surface area (Å²) in [5.74, 6) is 1.76.